The summed E-state index contributed by atoms with van der Waals surface area (Å²) in [5.74, 6) is 0. The number of ether oxygens (including phenoxy) is 1. The third-order valence-corrected chi connectivity index (χ3v) is 37.6. The summed E-state index contributed by atoms with van der Waals surface area (Å²) in [6, 6.07) is 29.1. The molecule has 2 unspecified atom stereocenters. The molecule has 0 amide bonds. The van der Waals surface area contributed by atoms with Crippen molar-refractivity contribution >= 4 is 19.0 Å². The average Bonchev–Trinajstić information content (AvgIpc) is 3.83. The fraction of sp³-hybridized carbons (Fsp3) is 0.481. The van der Waals surface area contributed by atoms with E-state index in [2.05, 4.69) is 173 Å². The van der Waals surface area contributed by atoms with E-state index in [1.807, 2.05) is 0 Å². The number of benzene rings is 4. The quantitative estimate of drug-likeness (QED) is 0.108. The van der Waals surface area contributed by atoms with E-state index in [9.17, 15) is 0 Å². The Morgan fingerprint density at radius 3 is 1.81 bits per heavy atom. The Bertz CT molecular complexity index is 2280. The summed E-state index contributed by atoms with van der Waals surface area (Å²) < 4.78 is 11.5. The van der Waals surface area contributed by atoms with Gasteiger partial charge in [0.05, 0.1) is 0 Å². The third kappa shape index (κ3) is 8.30. The van der Waals surface area contributed by atoms with Crippen molar-refractivity contribution < 1.29 is 22.1 Å². The molecule has 0 aliphatic heterocycles. The molecule has 302 valence electrons. The molecule has 3 heteroatoms. The van der Waals surface area contributed by atoms with E-state index in [0.29, 0.717) is 7.25 Å². The first kappa shape index (κ1) is 42.5. The van der Waals surface area contributed by atoms with Crippen molar-refractivity contribution in [1.82, 2.24) is 0 Å². The fourth-order valence-electron chi connectivity index (χ4n) is 11.4. The predicted molar refractivity (Wildman–Crippen MR) is 249 cm³/mol. The van der Waals surface area contributed by atoms with Crippen molar-refractivity contribution in [2.75, 3.05) is 6.61 Å². The number of aryl methyl sites for hydroxylation is 1. The van der Waals surface area contributed by atoms with Crippen LogP contribution in [0.3, 0.4) is 0 Å². The van der Waals surface area contributed by atoms with Gasteiger partial charge in [-0.05, 0) is 0 Å². The minimum atomic E-state index is -3.92. The van der Waals surface area contributed by atoms with Crippen LogP contribution in [0.25, 0.3) is 34.4 Å². The second-order valence-electron chi connectivity index (χ2n) is 22.0. The fourth-order valence-corrected chi connectivity index (χ4v) is 37.5. The van der Waals surface area contributed by atoms with Gasteiger partial charge in [-0.25, -0.2) is 0 Å². The van der Waals surface area contributed by atoms with E-state index in [1.54, 1.807) is 44.5 Å². The maximum atomic E-state index is 6.14. The van der Waals surface area contributed by atoms with E-state index >= 15 is 0 Å². The Morgan fingerprint density at radius 2 is 1.21 bits per heavy atom. The zero-order valence-electron chi connectivity index (χ0n) is 37.7. The van der Waals surface area contributed by atoms with Crippen LogP contribution in [0.4, 0.5) is 0 Å². The van der Waals surface area contributed by atoms with E-state index in [4.69, 9.17) is 4.74 Å². The van der Waals surface area contributed by atoms with Crippen molar-refractivity contribution in [3.63, 3.8) is 0 Å². The second kappa shape index (κ2) is 15.5. The average molecular weight is 856 g/mol. The van der Waals surface area contributed by atoms with Crippen LogP contribution in [0.2, 0.25) is 8.76 Å². The van der Waals surface area contributed by atoms with Crippen LogP contribution in [-0.2, 0) is 45.8 Å². The summed E-state index contributed by atoms with van der Waals surface area (Å²) in [5.41, 5.74) is 21.5. The first-order valence-electron chi connectivity index (χ1n) is 22.3. The van der Waals surface area contributed by atoms with Gasteiger partial charge in [-0.15, -0.1) is 0 Å². The van der Waals surface area contributed by atoms with E-state index in [0.717, 1.165) is 13.0 Å². The molecule has 3 aliphatic carbocycles. The van der Waals surface area contributed by atoms with Gasteiger partial charge in [0.15, 0.2) is 0 Å². The van der Waals surface area contributed by atoms with Crippen LogP contribution in [0.5, 0.6) is 0 Å². The molecule has 0 spiro atoms. The van der Waals surface area contributed by atoms with Crippen molar-refractivity contribution in [3.8, 4) is 22.3 Å². The van der Waals surface area contributed by atoms with E-state index in [1.165, 1.54) is 76.0 Å². The molecule has 0 N–H and O–H groups in total. The summed E-state index contributed by atoms with van der Waals surface area (Å²) >= 11 is -3.92. The number of allylic oxidation sites excluding steroid dienone is 2. The van der Waals surface area contributed by atoms with E-state index < -0.39 is 17.4 Å². The van der Waals surface area contributed by atoms with Crippen LogP contribution >= 0.6 is 0 Å². The Hall–Kier alpha value is -2.58. The zero-order chi connectivity index (χ0) is 41.2. The summed E-state index contributed by atoms with van der Waals surface area (Å²) in [5, 5.41) is 0. The van der Waals surface area contributed by atoms with Crippen molar-refractivity contribution in [2.45, 2.75) is 154 Å². The molecule has 57 heavy (non-hydrogen) atoms. The molecule has 4 aromatic carbocycles. The van der Waals surface area contributed by atoms with Gasteiger partial charge in [0.2, 0.25) is 0 Å². The standard InChI is InChI=1S/C23H25.C20H21.C10H21O.CH3.H2Si.Zr/c1-15-12-18-14-17-6-5-7-20(17)22(21(18)13-15)16-8-10-19(11-9-16)23(2,3)4;1-14-12-16-6-5-7-18(19(16)13-14)15-8-10-17(11-9-15)20(2,3)4;1-5-6-7-8-9-11-10(2,3)4;;;/h8-14H,5-7H2,1-4H3;5-13H,1-4H3;1,5-9H2,2-4H3;1H3;1H2;. The van der Waals surface area contributed by atoms with Gasteiger partial charge in [-0.2, -0.15) is 0 Å². The Kier molecular flexibility index (Phi) is 11.5. The molecule has 0 heterocycles. The molecule has 0 saturated carbocycles. The summed E-state index contributed by atoms with van der Waals surface area (Å²) in [6.45, 7) is 28.9. The molecule has 0 radical (unpaired) electrons. The summed E-state index contributed by atoms with van der Waals surface area (Å²) in [4.78, 5) is 0. The van der Waals surface area contributed by atoms with Gasteiger partial charge in [-0.1, -0.05) is 0 Å². The molecule has 0 aromatic heterocycles. The number of fused-ring (bicyclic) bond motifs is 3. The number of hydrogen-bond donors (Lipinski definition) is 0. The van der Waals surface area contributed by atoms with Gasteiger partial charge in [0.1, 0.15) is 0 Å². The molecule has 0 bridgehead atoms. The van der Waals surface area contributed by atoms with Gasteiger partial charge < -0.3 is 0 Å². The first-order valence-corrected chi connectivity index (χ1v) is 35.2. The Morgan fingerprint density at radius 1 is 0.649 bits per heavy atom. The number of hydrogen-bond acceptors (Lipinski definition) is 1. The third-order valence-electron chi connectivity index (χ3n) is 14.0. The SMILES string of the molecule is CC1=Cc2c(-c3ccc(C(C)(C)C)cc3)cccc2[CH]1[Zr]([CH3])(=[SiH2])([CH2]CCCCCOC(C)(C)C)[CH]1C(C)=Cc2c1cc1c(c2-c2ccc(C(C)(C)C)cc2)CCC1. The Labute approximate surface area is 349 Å². The van der Waals surface area contributed by atoms with E-state index in [-0.39, 0.29) is 16.4 Å². The second-order valence-corrected chi connectivity index (χ2v) is 50.4. The van der Waals surface area contributed by atoms with Gasteiger partial charge in [0.25, 0.3) is 0 Å². The number of rotatable bonds is 11. The van der Waals surface area contributed by atoms with Gasteiger partial charge >= 0.3 is 352 Å². The molecule has 4 aromatic rings. The molecule has 2 atom stereocenters. The van der Waals surface area contributed by atoms with Crippen LogP contribution in [0, 0.1) is 0 Å². The molecular weight excluding hydrogens is 784 g/mol. The molecule has 3 aliphatic rings. The van der Waals surface area contributed by atoms with Gasteiger partial charge in [-0.3, -0.25) is 0 Å². The van der Waals surface area contributed by atoms with Crippen LogP contribution < -0.4 is 0 Å². The Balaban J connectivity index is 1.34. The predicted octanol–water partition coefficient (Wildman–Crippen LogP) is 14.8. The maximum absolute atomic E-state index is 6.14. The van der Waals surface area contributed by atoms with Gasteiger partial charge in [0, 0.05) is 0 Å². The van der Waals surface area contributed by atoms with Crippen molar-refractivity contribution in [2.24, 2.45) is 0 Å². The molecule has 0 saturated heterocycles. The molecule has 0 fully saturated rings. The van der Waals surface area contributed by atoms with Crippen LogP contribution in [-0.4, -0.2) is 19.1 Å². The zero-order valence-corrected chi connectivity index (χ0v) is 41.6. The summed E-state index contributed by atoms with van der Waals surface area (Å²) in [6.07, 6.45) is 13.9. The van der Waals surface area contributed by atoms with Crippen LogP contribution in [0.1, 0.15) is 160 Å². The number of unbranched alkanes of at least 4 members (excludes halogenated alkanes) is 3. The minimum absolute atomic E-state index is 0.0653. The summed E-state index contributed by atoms with van der Waals surface area (Å²) in [7, 11) is 0. The molecular formula is C54H72OSiZr. The van der Waals surface area contributed by atoms with Crippen molar-refractivity contribution in [1.29, 1.82) is 0 Å². The normalized spacial score (nSPS) is 18.3. The first-order chi connectivity index (χ1) is 26.7. The molecule has 7 rings (SSSR count). The molecule has 1 nitrogen and oxygen atoms in total. The van der Waals surface area contributed by atoms with Crippen LogP contribution in [0.15, 0.2) is 83.9 Å². The monoisotopic (exact) mass is 854 g/mol. The van der Waals surface area contributed by atoms with Crippen molar-refractivity contribution in [3.05, 3.63) is 128 Å². The topological polar surface area (TPSA) is 9.23 Å².